The van der Waals surface area contributed by atoms with Gasteiger partial charge in [-0.25, -0.2) is 9.59 Å². The van der Waals surface area contributed by atoms with Gasteiger partial charge < -0.3 is 44.2 Å². The molecule has 0 aliphatic rings. The van der Waals surface area contributed by atoms with Crippen LogP contribution in [0.5, 0.6) is 0 Å². The van der Waals surface area contributed by atoms with E-state index in [0.29, 0.717) is 52.7 Å². The zero-order valence-electron chi connectivity index (χ0n) is 27.9. The molecular weight excluding hydrogens is 584 g/mol. The van der Waals surface area contributed by atoms with Crippen molar-refractivity contribution >= 4 is 18.0 Å². The number of benzene rings is 1. The number of ether oxygens (including phenoxy) is 7. The standard InChI is InChI=1S/C33H52N2O10/c1-25(28(14-15-29(34)36)35-31(38)45-33(5,6)7)43-23-27-12-10-26(11-13-27)9-8-16-39-17-18-40-19-20-41-21-22-42-24-30(37)44-32(2,3)4/h10-13,25,28H,14-24H2,1-7H3,(H2,34,36)(H,35,38)/t25-,28+/m1/s1. The molecule has 0 bridgehead atoms. The number of carbonyl (C=O) groups excluding carboxylic acids is 3. The molecule has 2 amide bonds. The molecule has 0 spiro atoms. The third-order valence-electron chi connectivity index (χ3n) is 5.60. The normalized spacial score (nSPS) is 12.9. The van der Waals surface area contributed by atoms with Crippen LogP contribution in [-0.4, -0.2) is 94.2 Å². The molecule has 0 aromatic heterocycles. The van der Waals surface area contributed by atoms with Crippen molar-refractivity contribution in [3.63, 3.8) is 0 Å². The number of hydrogen-bond donors (Lipinski definition) is 2. The molecule has 0 unspecified atom stereocenters. The van der Waals surface area contributed by atoms with Crippen LogP contribution in [0.1, 0.15) is 72.4 Å². The molecule has 12 nitrogen and oxygen atoms in total. The van der Waals surface area contributed by atoms with E-state index in [2.05, 4.69) is 17.2 Å². The summed E-state index contributed by atoms with van der Waals surface area (Å²) in [5.41, 5.74) is 5.90. The van der Waals surface area contributed by atoms with Crippen molar-refractivity contribution in [3.05, 3.63) is 35.4 Å². The SMILES string of the molecule is C[C@@H](OCc1ccc(C#CCOCCOCCOCCOCC(=O)OC(C)(C)C)cc1)[C@H](CCC(N)=O)NC(=O)OC(C)(C)C. The summed E-state index contributed by atoms with van der Waals surface area (Å²) in [6.07, 6.45) is -0.511. The first-order valence-corrected chi connectivity index (χ1v) is 15.1. The summed E-state index contributed by atoms with van der Waals surface area (Å²) < 4.78 is 38.0. The van der Waals surface area contributed by atoms with Crippen LogP contribution in [0.2, 0.25) is 0 Å². The first-order chi connectivity index (χ1) is 21.1. The van der Waals surface area contributed by atoms with Gasteiger partial charge in [0.1, 0.15) is 24.4 Å². The van der Waals surface area contributed by atoms with Crippen LogP contribution in [-0.2, 0) is 49.4 Å². The van der Waals surface area contributed by atoms with Crippen molar-refractivity contribution in [1.29, 1.82) is 0 Å². The molecule has 1 aromatic carbocycles. The summed E-state index contributed by atoms with van der Waals surface area (Å²) in [7, 11) is 0. The topological polar surface area (TPSA) is 154 Å². The van der Waals surface area contributed by atoms with Crippen LogP contribution >= 0.6 is 0 Å². The molecule has 0 heterocycles. The maximum absolute atomic E-state index is 12.3. The smallest absolute Gasteiger partial charge is 0.407 e. The average molecular weight is 637 g/mol. The molecule has 1 aromatic rings. The summed E-state index contributed by atoms with van der Waals surface area (Å²) in [4.78, 5) is 35.1. The number of rotatable bonds is 20. The van der Waals surface area contributed by atoms with Crippen LogP contribution in [0.15, 0.2) is 24.3 Å². The van der Waals surface area contributed by atoms with Gasteiger partial charge in [-0.2, -0.15) is 0 Å². The zero-order chi connectivity index (χ0) is 33.7. The maximum atomic E-state index is 12.3. The number of nitrogens with one attached hydrogen (secondary N) is 1. The second-order valence-corrected chi connectivity index (χ2v) is 12.2. The van der Waals surface area contributed by atoms with Crippen molar-refractivity contribution < 1.29 is 47.5 Å². The van der Waals surface area contributed by atoms with E-state index in [4.69, 9.17) is 38.9 Å². The van der Waals surface area contributed by atoms with Gasteiger partial charge in [-0.15, -0.1) is 0 Å². The Labute approximate surface area is 267 Å². The van der Waals surface area contributed by atoms with Gasteiger partial charge in [0.15, 0.2) is 0 Å². The molecule has 0 saturated carbocycles. The molecule has 2 atom stereocenters. The predicted molar refractivity (Wildman–Crippen MR) is 168 cm³/mol. The van der Waals surface area contributed by atoms with Gasteiger partial charge in [0.2, 0.25) is 5.91 Å². The van der Waals surface area contributed by atoms with Crippen LogP contribution in [0, 0.1) is 11.8 Å². The number of amides is 2. The fourth-order valence-corrected chi connectivity index (χ4v) is 3.55. The van der Waals surface area contributed by atoms with Crippen molar-refractivity contribution in [3.8, 4) is 11.8 Å². The summed E-state index contributed by atoms with van der Waals surface area (Å²) >= 11 is 0. The second-order valence-electron chi connectivity index (χ2n) is 12.2. The maximum Gasteiger partial charge on any atom is 0.407 e. The van der Waals surface area contributed by atoms with E-state index in [1.54, 1.807) is 41.5 Å². The number of alkyl carbamates (subject to hydrolysis) is 1. The molecular formula is C33H52N2O10. The summed E-state index contributed by atoms with van der Waals surface area (Å²) in [5.74, 6) is 5.18. The van der Waals surface area contributed by atoms with E-state index < -0.39 is 35.2 Å². The summed E-state index contributed by atoms with van der Waals surface area (Å²) in [5, 5.41) is 2.79. The first-order valence-electron chi connectivity index (χ1n) is 15.1. The highest BCUT2D eigenvalue weighted by Crippen LogP contribution is 2.13. The molecule has 0 radical (unpaired) electrons. The fourth-order valence-electron chi connectivity index (χ4n) is 3.55. The Morgan fingerprint density at radius 3 is 1.93 bits per heavy atom. The molecule has 0 saturated heterocycles. The van der Waals surface area contributed by atoms with Crippen molar-refractivity contribution in [2.24, 2.45) is 5.73 Å². The minimum absolute atomic E-state index is 0.100. The fraction of sp³-hybridized carbons (Fsp3) is 0.667. The van der Waals surface area contributed by atoms with Gasteiger partial charge in [-0.05, 0) is 72.6 Å². The lowest BCUT2D eigenvalue weighted by molar-refractivity contribution is -0.160. The van der Waals surface area contributed by atoms with E-state index >= 15 is 0 Å². The molecule has 0 fully saturated rings. The van der Waals surface area contributed by atoms with Gasteiger partial charge >= 0.3 is 12.1 Å². The Morgan fingerprint density at radius 2 is 1.38 bits per heavy atom. The van der Waals surface area contributed by atoms with E-state index in [1.165, 1.54) is 0 Å². The van der Waals surface area contributed by atoms with E-state index in [-0.39, 0.29) is 25.7 Å². The van der Waals surface area contributed by atoms with Gasteiger partial charge in [0.25, 0.3) is 0 Å². The number of nitrogens with two attached hydrogens (primary N) is 1. The summed E-state index contributed by atoms with van der Waals surface area (Å²) in [6.45, 7) is 15.4. The third kappa shape index (κ3) is 22.9. The number of hydrogen-bond acceptors (Lipinski definition) is 10. The van der Waals surface area contributed by atoms with Gasteiger partial charge in [-0.3, -0.25) is 4.79 Å². The van der Waals surface area contributed by atoms with Crippen LogP contribution in [0.4, 0.5) is 4.79 Å². The second kappa shape index (κ2) is 21.5. The highest BCUT2D eigenvalue weighted by molar-refractivity contribution is 5.74. The van der Waals surface area contributed by atoms with Crippen LogP contribution < -0.4 is 11.1 Å². The average Bonchev–Trinajstić information content (AvgIpc) is 2.92. The Balaban J connectivity index is 2.23. The lowest BCUT2D eigenvalue weighted by Crippen LogP contribution is -2.45. The zero-order valence-corrected chi connectivity index (χ0v) is 27.9. The number of primary amides is 1. The number of carbonyl (C=O) groups is 3. The Kier molecular flexibility index (Phi) is 19.0. The van der Waals surface area contributed by atoms with Crippen molar-refractivity contribution in [2.75, 3.05) is 52.9 Å². The number of esters is 1. The third-order valence-corrected chi connectivity index (χ3v) is 5.60. The highest BCUT2D eigenvalue weighted by Gasteiger charge is 2.24. The van der Waals surface area contributed by atoms with Gasteiger partial charge in [0.05, 0.1) is 58.4 Å². The minimum Gasteiger partial charge on any atom is -0.458 e. The molecule has 0 aliphatic carbocycles. The van der Waals surface area contributed by atoms with Crippen molar-refractivity contribution in [1.82, 2.24) is 5.32 Å². The van der Waals surface area contributed by atoms with Crippen LogP contribution in [0.3, 0.4) is 0 Å². The Morgan fingerprint density at radius 1 is 0.822 bits per heavy atom. The van der Waals surface area contributed by atoms with E-state index in [1.807, 2.05) is 31.2 Å². The van der Waals surface area contributed by atoms with Crippen LogP contribution in [0.25, 0.3) is 0 Å². The predicted octanol–water partition coefficient (Wildman–Crippen LogP) is 3.51. The molecule has 0 aliphatic heterocycles. The molecule has 3 N–H and O–H groups in total. The van der Waals surface area contributed by atoms with Crippen molar-refractivity contribution in [2.45, 2.75) is 91.3 Å². The lowest BCUT2D eigenvalue weighted by Gasteiger charge is -2.27. The van der Waals surface area contributed by atoms with Gasteiger partial charge in [-0.1, -0.05) is 24.0 Å². The molecule has 254 valence electrons. The highest BCUT2D eigenvalue weighted by atomic mass is 16.6. The monoisotopic (exact) mass is 636 g/mol. The molecule has 1 rings (SSSR count). The van der Waals surface area contributed by atoms with Gasteiger partial charge in [0, 0.05) is 12.0 Å². The quantitative estimate of drug-likeness (QED) is 0.123. The minimum atomic E-state index is -0.644. The molecule has 45 heavy (non-hydrogen) atoms. The molecule has 12 heteroatoms. The summed E-state index contributed by atoms with van der Waals surface area (Å²) in [6, 6.07) is 7.18. The Hall–Kier alpha value is -3.21. The Bertz CT molecular complexity index is 1070. The largest absolute Gasteiger partial charge is 0.458 e. The van der Waals surface area contributed by atoms with E-state index in [0.717, 1.165) is 11.1 Å². The lowest BCUT2D eigenvalue weighted by atomic mass is 10.1. The first kappa shape index (κ1) is 39.8. The van der Waals surface area contributed by atoms with E-state index in [9.17, 15) is 14.4 Å².